The summed E-state index contributed by atoms with van der Waals surface area (Å²) in [6, 6.07) is 2.18. The van der Waals surface area contributed by atoms with Crippen molar-refractivity contribution >= 4 is 0 Å². The Morgan fingerprint density at radius 2 is 2.25 bits per heavy atom. The normalized spacial score (nSPS) is 12.9. The Morgan fingerprint density at radius 1 is 1.44 bits per heavy atom. The van der Waals surface area contributed by atoms with E-state index in [4.69, 9.17) is 0 Å². The topological polar surface area (TPSA) is 60.6 Å². The SMILES string of the molecule is CNC(Cc1ncnn1C)c1ccn(C)n1. The maximum Gasteiger partial charge on any atom is 0.138 e. The number of aryl methyl sites for hydroxylation is 2. The first-order chi connectivity index (χ1) is 7.70. The molecule has 16 heavy (non-hydrogen) atoms. The molecule has 0 bridgehead atoms. The zero-order valence-corrected chi connectivity index (χ0v) is 9.75. The lowest BCUT2D eigenvalue weighted by atomic mass is 10.1. The fourth-order valence-electron chi connectivity index (χ4n) is 1.66. The third kappa shape index (κ3) is 2.11. The molecule has 0 aliphatic carbocycles. The molecular weight excluding hydrogens is 204 g/mol. The van der Waals surface area contributed by atoms with E-state index < -0.39 is 0 Å². The van der Waals surface area contributed by atoms with Crippen molar-refractivity contribution in [2.45, 2.75) is 12.5 Å². The lowest BCUT2D eigenvalue weighted by Crippen LogP contribution is -2.21. The van der Waals surface area contributed by atoms with Crippen LogP contribution < -0.4 is 5.32 Å². The summed E-state index contributed by atoms with van der Waals surface area (Å²) < 4.78 is 3.59. The van der Waals surface area contributed by atoms with E-state index in [1.807, 2.05) is 33.4 Å². The van der Waals surface area contributed by atoms with E-state index in [2.05, 4.69) is 20.5 Å². The van der Waals surface area contributed by atoms with Crippen LogP contribution >= 0.6 is 0 Å². The van der Waals surface area contributed by atoms with Crippen molar-refractivity contribution in [2.75, 3.05) is 7.05 Å². The molecule has 6 nitrogen and oxygen atoms in total. The molecule has 0 aliphatic heterocycles. The molecule has 0 spiro atoms. The molecule has 2 aromatic rings. The van der Waals surface area contributed by atoms with Crippen LogP contribution in [0.25, 0.3) is 0 Å². The zero-order valence-electron chi connectivity index (χ0n) is 9.75. The van der Waals surface area contributed by atoms with Crippen LogP contribution in [0.3, 0.4) is 0 Å². The van der Waals surface area contributed by atoms with E-state index in [-0.39, 0.29) is 6.04 Å². The largest absolute Gasteiger partial charge is 0.311 e. The Hall–Kier alpha value is -1.69. The predicted molar refractivity (Wildman–Crippen MR) is 59.7 cm³/mol. The molecule has 0 aliphatic rings. The summed E-state index contributed by atoms with van der Waals surface area (Å²) in [6.45, 7) is 0. The van der Waals surface area contributed by atoms with Gasteiger partial charge in [-0.15, -0.1) is 0 Å². The number of rotatable bonds is 4. The smallest absolute Gasteiger partial charge is 0.138 e. The molecule has 1 N–H and O–H groups in total. The van der Waals surface area contributed by atoms with Gasteiger partial charge in [-0.05, 0) is 13.1 Å². The van der Waals surface area contributed by atoms with E-state index in [0.717, 1.165) is 17.9 Å². The lowest BCUT2D eigenvalue weighted by molar-refractivity contribution is 0.533. The molecule has 2 aromatic heterocycles. The van der Waals surface area contributed by atoms with Gasteiger partial charge in [-0.3, -0.25) is 9.36 Å². The Balaban J connectivity index is 2.15. The Kier molecular flexibility index (Phi) is 3.00. The van der Waals surface area contributed by atoms with E-state index in [0.29, 0.717) is 0 Å². The molecule has 6 heteroatoms. The fraction of sp³-hybridized carbons (Fsp3) is 0.500. The molecule has 86 valence electrons. The van der Waals surface area contributed by atoms with Gasteiger partial charge in [0.1, 0.15) is 12.2 Å². The van der Waals surface area contributed by atoms with Crippen LogP contribution in [-0.2, 0) is 20.5 Å². The summed E-state index contributed by atoms with van der Waals surface area (Å²) in [5.74, 6) is 0.949. The summed E-state index contributed by atoms with van der Waals surface area (Å²) in [6.07, 6.45) is 4.29. The number of nitrogens with zero attached hydrogens (tertiary/aromatic N) is 5. The van der Waals surface area contributed by atoms with Gasteiger partial charge in [0.25, 0.3) is 0 Å². The number of aromatic nitrogens is 5. The molecule has 2 heterocycles. The van der Waals surface area contributed by atoms with Gasteiger partial charge in [-0.25, -0.2) is 4.98 Å². The van der Waals surface area contributed by atoms with E-state index in [9.17, 15) is 0 Å². The van der Waals surface area contributed by atoms with Crippen molar-refractivity contribution < 1.29 is 0 Å². The van der Waals surface area contributed by atoms with Crippen molar-refractivity contribution in [3.05, 3.63) is 30.1 Å². The van der Waals surface area contributed by atoms with Gasteiger partial charge >= 0.3 is 0 Å². The summed E-state index contributed by atoms with van der Waals surface area (Å²) in [5.41, 5.74) is 1.02. The Bertz CT molecular complexity index is 457. The molecule has 0 aromatic carbocycles. The van der Waals surface area contributed by atoms with E-state index in [1.165, 1.54) is 0 Å². The maximum atomic E-state index is 4.39. The maximum absolute atomic E-state index is 4.39. The molecule has 0 saturated heterocycles. The first-order valence-corrected chi connectivity index (χ1v) is 5.20. The minimum Gasteiger partial charge on any atom is -0.311 e. The second kappa shape index (κ2) is 4.44. The molecule has 0 saturated carbocycles. The molecule has 0 amide bonds. The van der Waals surface area contributed by atoms with Gasteiger partial charge in [0, 0.05) is 26.7 Å². The predicted octanol–water partition coefficient (Wildman–Crippen LogP) is 0.0518. The van der Waals surface area contributed by atoms with Gasteiger partial charge in [0.2, 0.25) is 0 Å². The lowest BCUT2D eigenvalue weighted by Gasteiger charge is -2.12. The third-order valence-electron chi connectivity index (χ3n) is 2.63. The quantitative estimate of drug-likeness (QED) is 0.791. The Labute approximate surface area is 94.3 Å². The minimum absolute atomic E-state index is 0.170. The second-order valence-electron chi connectivity index (χ2n) is 3.76. The van der Waals surface area contributed by atoms with Crippen LogP contribution in [0.5, 0.6) is 0 Å². The molecule has 0 fully saturated rings. The highest BCUT2D eigenvalue weighted by Gasteiger charge is 2.15. The summed E-state index contributed by atoms with van der Waals surface area (Å²) in [5, 5.41) is 11.7. The van der Waals surface area contributed by atoms with Gasteiger partial charge in [-0.2, -0.15) is 10.2 Å². The number of nitrogens with one attached hydrogen (secondary N) is 1. The van der Waals surface area contributed by atoms with Crippen LogP contribution in [0.4, 0.5) is 0 Å². The monoisotopic (exact) mass is 220 g/mol. The molecule has 1 atom stereocenters. The zero-order chi connectivity index (χ0) is 11.5. The van der Waals surface area contributed by atoms with Gasteiger partial charge in [-0.1, -0.05) is 0 Å². The van der Waals surface area contributed by atoms with Crippen molar-refractivity contribution in [1.82, 2.24) is 29.9 Å². The highest BCUT2D eigenvalue weighted by Crippen LogP contribution is 2.14. The highest BCUT2D eigenvalue weighted by atomic mass is 15.3. The summed E-state index contributed by atoms with van der Waals surface area (Å²) in [4.78, 5) is 4.21. The first-order valence-electron chi connectivity index (χ1n) is 5.20. The van der Waals surface area contributed by atoms with Crippen LogP contribution in [-0.4, -0.2) is 31.6 Å². The third-order valence-corrected chi connectivity index (χ3v) is 2.63. The number of hydrogen-bond acceptors (Lipinski definition) is 4. The first kappa shape index (κ1) is 10.8. The Morgan fingerprint density at radius 3 is 2.75 bits per heavy atom. The van der Waals surface area contributed by atoms with Crippen molar-refractivity contribution in [3.8, 4) is 0 Å². The van der Waals surface area contributed by atoms with Gasteiger partial charge in [0.15, 0.2) is 0 Å². The summed E-state index contributed by atoms with van der Waals surface area (Å²) in [7, 11) is 5.74. The van der Waals surface area contributed by atoms with Crippen LogP contribution in [0.1, 0.15) is 17.6 Å². The van der Waals surface area contributed by atoms with Crippen LogP contribution in [0.2, 0.25) is 0 Å². The standard InChI is InChI=1S/C10H16N6/c1-11-9(8-4-5-15(2)14-8)6-10-12-7-13-16(10)3/h4-5,7,9,11H,6H2,1-3H3. The minimum atomic E-state index is 0.170. The molecule has 2 rings (SSSR count). The van der Waals surface area contributed by atoms with E-state index in [1.54, 1.807) is 15.7 Å². The average Bonchev–Trinajstić information content (AvgIpc) is 2.85. The fourth-order valence-corrected chi connectivity index (χ4v) is 1.66. The highest BCUT2D eigenvalue weighted by molar-refractivity contribution is 5.08. The van der Waals surface area contributed by atoms with E-state index >= 15 is 0 Å². The van der Waals surface area contributed by atoms with Crippen LogP contribution in [0, 0.1) is 0 Å². The van der Waals surface area contributed by atoms with Crippen molar-refractivity contribution in [3.63, 3.8) is 0 Å². The van der Waals surface area contributed by atoms with Gasteiger partial charge < -0.3 is 5.32 Å². The molecular formula is C10H16N6. The molecule has 1 unspecified atom stereocenters. The number of hydrogen-bond donors (Lipinski definition) is 1. The summed E-state index contributed by atoms with van der Waals surface area (Å²) >= 11 is 0. The number of likely N-dealkylation sites (N-methyl/N-ethyl adjacent to an activating group) is 1. The van der Waals surface area contributed by atoms with Gasteiger partial charge in [0.05, 0.1) is 11.7 Å². The average molecular weight is 220 g/mol. The van der Waals surface area contributed by atoms with Crippen molar-refractivity contribution in [1.29, 1.82) is 0 Å². The second-order valence-corrected chi connectivity index (χ2v) is 3.76. The van der Waals surface area contributed by atoms with Crippen LogP contribution in [0.15, 0.2) is 18.6 Å². The van der Waals surface area contributed by atoms with Crippen molar-refractivity contribution in [2.24, 2.45) is 14.1 Å². The molecule has 0 radical (unpaired) electrons.